The summed E-state index contributed by atoms with van der Waals surface area (Å²) < 4.78 is 16.7. The molecule has 1 fully saturated rings. The molecule has 0 saturated carbocycles. The first-order valence-corrected chi connectivity index (χ1v) is 13.5. The molecule has 2 atom stereocenters. The number of nitrogens with zero attached hydrogens (tertiary/aromatic N) is 2. The van der Waals surface area contributed by atoms with E-state index in [1.807, 2.05) is 20.8 Å². The molecule has 26 heavy (non-hydrogen) atoms. The third kappa shape index (κ3) is 4.86. The zero-order chi connectivity index (χ0) is 18.7. The van der Waals surface area contributed by atoms with Gasteiger partial charge in [0, 0.05) is 0 Å². The molecule has 140 valence electrons. The Balaban J connectivity index is 1.81. The molecule has 3 rings (SSSR count). The number of carbonyl (C=O) groups excluding carboxylic acids is 1. The van der Waals surface area contributed by atoms with Crippen molar-refractivity contribution in [1.82, 2.24) is 9.88 Å². The van der Waals surface area contributed by atoms with Crippen molar-refractivity contribution in [3.8, 4) is 11.5 Å². The second-order valence-corrected chi connectivity index (χ2v) is 12.0. The third-order valence-corrected chi connectivity index (χ3v) is 8.54. The topological polar surface area (TPSA) is 81.1 Å². The van der Waals surface area contributed by atoms with Crippen molar-refractivity contribution in [2.75, 3.05) is 13.2 Å². The summed E-state index contributed by atoms with van der Waals surface area (Å²) in [6.07, 6.45) is 1.59. The van der Waals surface area contributed by atoms with Crippen LogP contribution >= 0.6 is 0 Å². The predicted octanol–water partition coefficient (Wildman–Crippen LogP) is 2.64. The normalized spacial score (nSPS) is 22.0. The van der Waals surface area contributed by atoms with Gasteiger partial charge in [0.15, 0.2) is 0 Å². The van der Waals surface area contributed by atoms with Gasteiger partial charge in [-0.15, -0.1) is 0 Å². The first-order chi connectivity index (χ1) is 12.3. The fourth-order valence-electron chi connectivity index (χ4n) is 3.34. The van der Waals surface area contributed by atoms with Crippen LogP contribution in [0, 0.1) is 0 Å². The van der Waals surface area contributed by atoms with Crippen LogP contribution < -0.4 is 9.47 Å². The second kappa shape index (κ2) is 8.09. The van der Waals surface area contributed by atoms with Crippen molar-refractivity contribution in [3.63, 3.8) is 0 Å². The second-order valence-electron chi connectivity index (χ2n) is 7.85. The van der Waals surface area contributed by atoms with Crippen LogP contribution in [0.4, 0.5) is 4.79 Å². The van der Waals surface area contributed by atoms with Crippen molar-refractivity contribution in [2.24, 2.45) is 0 Å². The average Bonchev–Trinajstić information content (AvgIpc) is 2.59. The third-order valence-electron chi connectivity index (χ3n) is 4.54. The molecular formula is C18H26N2O5Zn. The van der Waals surface area contributed by atoms with Gasteiger partial charge in [-0.25, -0.2) is 0 Å². The van der Waals surface area contributed by atoms with E-state index in [0.29, 0.717) is 30.4 Å². The zero-order valence-electron chi connectivity index (χ0n) is 15.7. The number of fused-ring (bicyclic) bond motifs is 1. The van der Waals surface area contributed by atoms with E-state index in [-0.39, 0.29) is 12.6 Å². The van der Waals surface area contributed by atoms with Crippen LogP contribution in [0.1, 0.15) is 32.9 Å². The van der Waals surface area contributed by atoms with Crippen LogP contribution in [0.25, 0.3) is 0 Å². The summed E-state index contributed by atoms with van der Waals surface area (Å²) in [5, 5.41) is 12.5. The zero-order valence-corrected chi connectivity index (χ0v) is 18.7. The number of ether oxygens (including phenoxy) is 3. The molecule has 1 aromatic heterocycles. The average molecular weight is 416 g/mol. The summed E-state index contributed by atoms with van der Waals surface area (Å²) in [7, 11) is 0. The van der Waals surface area contributed by atoms with Crippen LogP contribution in [0.5, 0.6) is 11.5 Å². The minimum absolute atomic E-state index is 0.223. The Kier molecular flexibility index (Phi) is 6.03. The van der Waals surface area contributed by atoms with Crippen LogP contribution in [-0.4, -0.2) is 52.0 Å². The molecule has 0 spiro atoms. The molecule has 3 heterocycles. The summed E-state index contributed by atoms with van der Waals surface area (Å²) in [5.41, 5.74) is 0.104. The van der Waals surface area contributed by atoms with Gasteiger partial charge in [0.2, 0.25) is 0 Å². The van der Waals surface area contributed by atoms with Crippen LogP contribution in [0.3, 0.4) is 0 Å². The molecule has 2 aliphatic rings. The van der Waals surface area contributed by atoms with E-state index in [2.05, 4.69) is 4.98 Å². The molecule has 0 aliphatic carbocycles. The Hall–Kier alpha value is -1.40. The number of pyridine rings is 1. The number of hydrogen-bond donors (Lipinski definition) is 1. The molecule has 8 heteroatoms. The number of aliphatic hydroxyl groups is 1. The van der Waals surface area contributed by atoms with Gasteiger partial charge in [0.25, 0.3) is 0 Å². The summed E-state index contributed by atoms with van der Waals surface area (Å²) in [6.45, 7) is 6.83. The van der Waals surface area contributed by atoms with Gasteiger partial charge in [-0.3, -0.25) is 0 Å². The summed E-state index contributed by atoms with van der Waals surface area (Å²) in [4.78, 5) is 18.9. The number of hydrogen-bond acceptors (Lipinski definition) is 6. The molecule has 0 bridgehead atoms. The predicted molar refractivity (Wildman–Crippen MR) is 91.0 cm³/mol. The van der Waals surface area contributed by atoms with Crippen molar-refractivity contribution < 1.29 is 41.2 Å². The van der Waals surface area contributed by atoms with Gasteiger partial charge < -0.3 is 0 Å². The summed E-state index contributed by atoms with van der Waals surface area (Å²) in [5.74, 6) is 1.26. The molecule has 0 radical (unpaired) electrons. The first-order valence-electron chi connectivity index (χ1n) is 9.26. The number of rotatable bonds is 3. The van der Waals surface area contributed by atoms with Gasteiger partial charge in [0.1, 0.15) is 0 Å². The molecule has 7 nitrogen and oxygen atoms in total. The molecular weight excluding hydrogens is 390 g/mol. The van der Waals surface area contributed by atoms with Crippen LogP contribution in [0.15, 0.2) is 12.3 Å². The Morgan fingerprint density at radius 1 is 1.38 bits per heavy atom. The Labute approximate surface area is 161 Å². The van der Waals surface area contributed by atoms with Gasteiger partial charge in [-0.1, -0.05) is 0 Å². The molecule has 2 aliphatic heterocycles. The fourth-order valence-corrected chi connectivity index (χ4v) is 7.12. The van der Waals surface area contributed by atoms with E-state index in [0.717, 1.165) is 11.4 Å². The van der Waals surface area contributed by atoms with E-state index in [9.17, 15) is 9.90 Å². The van der Waals surface area contributed by atoms with Gasteiger partial charge in [-0.05, 0) is 0 Å². The fraction of sp³-hybridized carbons (Fsp3) is 0.667. The number of carbonyl (C=O) groups is 1. The van der Waals surface area contributed by atoms with Crippen molar-refractivity contribution in [3.05, 3.63) is 18.0 Å². The molecule has 0 unspecified atom stereocenters. The van der Waals surface area contributed by atoms with Crippen molar-refractivity contribution in [1.29, 1.82) is 0 Å². The SMILES string of the molecule is CC(C)(C)OC(=O)N(Cc1cc2c(cn1)OCCO2)[C@@H]1C[CH2][Zn][CH2][C@H]1O. The maximum atomic E-state index is 12.8. The summed E-state index contributed by atoms with van der Waals surface area (Å²) in [6, 6.07) is 1.58. The molecule has 1 saturated heterocycles. The van der Waals surface area contributed by atoms with Crippen LogP contribution in [0.2, 0.25) is 10.0 Å². The molecule has 1 aromatic rings. The van der Waals surface area contributed by atoms with Gasteiger partial charge in [0.05, 0.1) is 0 Å². The van der Waals surface area contributed by atoms with E-state index >= 15 is 0 Å². The maximum absolute atomic E-state index is 12.8. The number of amides is 1. The Morgan fingerprint density at radius 2 is 2.12 bits per heavy atom. The first kappa shape index (κ1) is 19.4. The Bertz CT molecular complexity index is 649. The number of aliphatic hydroxyl groups excluding tert-OH is 1. The quantitative estimate of drug-likeness (QED) is 0.764. The van der Waals surface area contributed by atoms with Gasteiger partial charge >= 0.3 is 161 Å². The number of aromatic nitrogens is 1. The Morgan fingerprint density at radius 3 is 2.81 bits per heavy atom. The van der Waals surface area contributed by atoms with Crippen LogP contribution in [-0.2, 0) is 28.4 Å². The van der Waals surface area contributed by atoms with E-state index in [1.165, 1.54) is 5.02 Å². The molecule has 0 aromatic carbocycles. The van der Waals surface area contributed by atoms with Crippen molar-refractivity contribution >= 4 is 6.09 Å². The van der Waals surface area contributed by atoms with Crippen molar-refractivity contribution in [2.45, 2.75) is 61.5 Å². The standard InChI is InChI=1S/C18H26N2O5.Zn/c1-6-14(12(2)21)20(17(22)25-18(3,4)5)11-13-9-15-16(10-19-13)24-8-7-23-15;/h9-10,12,14,21H,1-2,6-8,11H2,3-5H3;/t12-,14-;/m1./s1. The minimum atomic E-state index is -0.643. The molecule has 1 amide bonds. The monoisotopic (exact) mass is 414 g/mol. The molecule has 1 N–H and O–H groups in total. The van der Waals surface area contributed by atoms with E-state index in [4.69, 9.17) is 14.2 Å². The summed E-state index contributed by atoms with van der Waals surface area (Å²) >= 11 is -0.643. The van der Waals surface area contributed by atoms with E-state index in [1.54, 1.807) is 17.2 Å². The van der Waals surface area contributed by atoms with Gasteiger partial charge in [-0.2, -0.15) is 0 Å². The van der Waals surface area contributed by atoms with E-state index < -0.39 is 34.9 Å².